The van der Waals surface area contributed by atoms with Crippen molar-refractivity contribution in [3.63, 3.8) is 0 Å². The highest BCUT2D eigenvalue weighted by atomic mass is 79.9. The zero-order valence-electron chi connectivity index (χ0n) is 10.8. The monoisotopic (exact) mass is 348 g/mol. The molecule has 0 bridgehead atoms. The Morgan fingerprint density at radius 2 is 2.11 bits per heavy atom. The quantitative estimate of drug-likeness (QED) is 0.908. The van der Waals surface area contributed by atoms with Crippen molar-refractivity contribution in [1.29, 1.82) is 0 Å². The lowest BCUT2D eigenvalue weighted by atomic mass is 10.3. The molecule has 106 valence electrons. The summed E-state index contributed by atoms with van der Waals surface area (Å²) in [5.74, 6) is 0.761. The highest BCUT2D eigenvalue weighted by Gasteiger charge is 2.23. The first-order chi connectivity index (χ1) is 8.66. The van der Waals surface area contributed by atoms with E-state index in [4.69, 9.17) is 4.74 Å². The number of benzene rings is 1. The Morgan fingerprint density at radius 1 is 1.42 bits per heavy atom. The first kappa shape index (κ1) is 16.3. The van der Waals surface area contributed by atoms with Crippen molar-refractivity contribution in [3.8, 4) is 5.75 Å². The number of ether oxygens (including phenoxy) is 1. The van der Waals surface area contributed by atoms with E-state index in [1.165, 1.54) is 0 Å². The summed E-state index contributed by atoms with van der Waals surface area (Å²) >= 11 is 3.38. The highest BCUT2D eigenvalue weighted by molar-refractivity contribution is 9.10. The van der Waals surface area contributed by atoms with E-state index in [1.807, 2.05) is 29.2 Å². The molecule has 0 aromatic heterocycles. The summed E-state index contributed by atoms with van der Waals surface area (Å²) in [5, 5.41) is 3.22. The van der Waals surface area contributed by atoms with Crippen molar-refractivity contribution in [2.75, 3.05) is 26.2 Å². The summed E-state index contributed by atoms with van der Waals surface area (Å²) in [6, 6.07) is 7.53. The Balaban J connectivity index is 0.00000180. The SMILES string of the molecule is CC(Oc1cccc(Br)c1)C(=O)N1CCNCC1.Cl. The average Bonchev–Trinajstić information content (AvgIpc) is 2.39. The van der Waals surface area contributed by atoms with Crippen LogP contribution in [0.15, 0.2) is 28.7 Å². The topological polar surface area (TPSA) is 41.6 Å². The molecule has 0 radical (unpaired) electrons. The predicted octanol–water partition coefficient (Wildman–Crippen LogP) is 2.07. The number of hydrogen-bond acceptors (Lipinski definition) is 3. The number of hydrogen-bond donors (Lipinski definition) is 1. The third-order valence-corrected chi connectivity index (χ3v) is 3.38. The molecule has 1 fully saturated rings. The molecule has 0 aliphatic carbocycles. The molecule has 1 aliphatic rings. The summed E-state index contributed by atoms with van der Waals surface area (Å²) < 4.78 is 6.61. The van der Waals surface area contributed by atoms with Crippen LogP contribution in [0.1, 0.15) is 6.92 Å². The maximum atomic E-state index is 12.1. The lowest BCUT2D eigenvalue weighted by Gasteiger charge is -2.29. The van der Waals surface area contributed by atoms with E-state index in [0.717, 1.165) is 30.7 Å². The molecule has 19 heavy (non-hydrogen) atoms. The van der Waals surface area contributed by atoms with Crippen molar-refractivity contribution >= 4 is 34.2 Å². The normalized spacial score (nSPS) is 16.4. The molecule has 1 heterocycles. The molecule has 1 aromatic rings. The highest BCUT2D eigenvalue weighted by Crippen LogP contribution is 2.19. The minimum absolute atomic E-state index is 0. The Labute approximate surface area is 128 Å². The third kappa shape index (κ3) is 4.67. The lowest BCUT2D eigenvalue weighted by Crippen LogP contribution is -2.50. The van der Waals surface area contributed by atoms with E-state index in [1.54, 1.807) is 6.92 Å². The van der Waals surface area contributed by atoms with Crippen molar-refractivity contribution in [1.82, 2.24) is 10.2 Å². The molecule has 4 nitrogen and oxygen atoms in total. The number of piperazine rings is 1. The summed E-state index contributed by atoms with van der Waals surface area (Å²) in [7, 11) is 0. The minimum Gasteiger partial charge on any atom is -0.481 e. The molecule has 1 aliphatic heterocycles. The number of halogens is 2. The van der Waals surface area contributed by atoms with Crippen LogP contribution in [-0.4, -0.2) is 43.1 Å². The number of carbonyl (C=O) groups excluding carboxylic acids is 1. The van der Waals surface area contributed by atoms with Crippen LogP contribution in [0.2, 0.25) is 0 Å². The predicted molar refractivity (Wildman–Crippen MR) is 80.9 cm³/mol. The summed E-state index contributed by atoms with van der Waals surface area (Å²) in [5.41, 5.74) is 0. The molecule has 1 unspecified atom stereocenters. The van der Waals surface area contributed by atoms with Gasteiger partial charge in [0.2, 0.25) is 0 Å². The van der Waals surface area contributed by atoms with Crippen LogP contribution < -0.4 is 10.1 Å². The molecule has 1 atom stereocenters. The fourth-order valence-corrected chi connectivity index (χ4v) is 2.32. The van der Waals surface area contributed by atoms with E-state index >= 15 is 0 Å². The molecular weight excluding hydrogens is 332 g/mol. The van der Waals surface area contributed by atoms with Gasteiger partial charge in [0.15, 0.2) is 6.10 Å². The number of nitrogens with one attached hydrogen (secondary N) is 1. The van der Waals surface area contributed by atoms with Gasteiger partial charge in [0.05, 0.1) is 0 Å². The van der Waals surface area contributed by atoms with Crippen molar-refractivity contribution in [3.05, 3.63) is 28.7 Å². The van der Waals surface area contributed by atoms with Gasteiger partial charge in [-0.25, -0.2) is 0 Å². The Bertz CT molecular complexity index is 425. The second-order valence-corrected chi connectivity index (χ2v) is 5.21. The lowest BCUT2D eigenvalue weighted by molar-refractivity contribution is -0.138. The fourth-order valence-electron chi connectivity index (χ4n) is 1.94. The van der Waals surface area contributed by atoms with Crippen molar-refractivity contribution in [2.24, 2.45) is 0 Å². The van der Waals surface area contributed by atoms with Gasteiger partial charge >= 0.3 is 0 Å². The zero-order valence-corrected chi connectivity index (χ0v) is 13.2. The van der Waals surface area contributed by atoms with Gasteiger partial charge in [-0.2, -0.15) is 0 Å². The third-order valence-electron chi connectivity index (χ3n) is 2.89. The smallest absolute Gasteiger partial charge is 0.263 e. The van der Waals surface area contributed by atoms with Gasteiger partial charge in [-0.3, -0.25) is 4.79 Å². The maximum Gasteiger partial charge on any atom is 0.263 e. The molecule has 2 rings (SSSR count). The van der Waals surface area contributed by atoms with Gasteiger partial charge in [-0.15, -0.1) is 12.4 Å². The summed E-state index contributed by atoms with van der Waals surface area (Å²) in [4.78, 5) is 14.0. The molecule has 0 spiro atoms. The largest absolute Gasteiger partial charge is 0.481 e. The van der Waals surface area contributed by atoms with E-state index < -0.39 is 6.10 Å². The van der Waals surface area contributed by atoms with Gasteiger partial charge in [0, 0.05) is 30.7 Å². The summed E-state index contributed by atoms with van der Waals surface area (Å²) in [6.45, 7) is 5.02. The van der Waals surface area contributed by atoms with E-state index in [-0.39, 0.29) is 18.3 Å². The van der Waals surface area contributed by atoms with Crippen LogP contribution >= 0.6 is 28.3 Å². The summed E-state index contributed by atoms with van der Waals surface area (Å²) in [6.07, 6.45) is -0.447. The van der Waals surface area contributed by atoms with Gasteiger partial charge < -0.3 is 15.0 Å². The number of rotatable bonds is 3. The van der Waals surface area contributed by atoms with E-state index in [0.29, 0.717) is 5.75 Å². The molecule has 1 aromatic carbocycles. The number of carbonyl (C=O) groups is 1. The van der Waals surface area contributed by atoms with Crippen LogP contribution in [-0.2, 0) is 4.79 Å². The Hall–Kier alpha value is -0.780. The Kier molecular flexibility index (Phi) is 6.62. The van der Waals surface area contributed by atoms with Gasteiger partial charge in [0.25, 0.3) is 5.91 Å². The number of nitrogens with zero attached hydrogens (tertiary/aromatic N) is 1. The first-order valence-electron chi connectivity index (χ1n) is 6.08. The van der Waals surface area contributed by atoms with Gasteiger partial charge in [0.1, 0.15) is 5.75 Å². The fraction of sp³-hybridized carbons (Fsp3) is 0.462. The van der Waals surface area contributed by atoms with Crippen LogP contribution in [0.4, 0.5) is 0 Å². The molecular formula is C13H18BrClN2O2. The van der Waals surface area contributed by atoms with E-state index in [2.05, 4.69) is 21.2 Å². The molecule has 1 saturated heterocycles. The first-order valence-corrected chi connectivity index (χ1v) is 6.88. The van der Waals surface area contributed by atoms with Gasteiger partial charge in [-0.05, 0) is 25.1 Å². The van der Waals surface area contributed by atoms with Crippen LogP contribution in [0.3, 0.4) is 0 Å². The molecule has 6 heteroatoms. The average molecular weight is 350 g/mol. The van der Waals surface area contributed by atoms with Crippen molar-refractivity contribution in [2.45, 2.75) is 13.0 Å². The van der Waals surface area contributed by atoms with E-state index in [9.17, 15) is 4.79 Å². The standard InChI is InChI=1S/C13H17BrN2O2.ClH/c1-10(13(17)16-7-5-15-6-8-16)18-12-4-2-3-11(14)9-12;/h2-4,9-10,15H,5-8H2,1H3;1H. The maximum absolute atomic E-state index is 12.1. The van der Waals surface area contributed by atoms with Crippen LogP contribution in [0, 0.1) is 0 Å². The van der Waals surface area contributed by atoms with Crippen molar-refractivity contribution < 1.29 is 9.53 Å². The number of amides is 1. The van der Waals surface area contributed by atoms with Gasteiger partial charge in [-0.1, -0.05) is 22.0 Å². The molecule has 1 amide bonds. The van der Waals surface area contributed by atoms with Crippen LogP contribution in [0.25, 0.3) is 0 Å². The minimum atomic E-state index is -0.447. The second-order valence-electron chi connectivity index (χ2n) is 4.29. The molecule has 1 N–H and O–H groups in total. The Morgan fingerprint density at radius 3 is 2.74 bits per heavy atom. The second kappa shape index (κ2) is 7.72. The van der Waals surface area contributed by atoms with Crippen LogP contribution in [0.5, 0.6) is 5.75 Å². The zero-order chi connectivity index (χ0) is 13.0. The molecule has 0 saturated carbocycles.